The molecule has 1 heterocycles. The first-order valence-electron chi connectivity index (χ1n) is 7.59. The van der Waals surface area contributed by atoms with Gasteiger partial charge >= 0.3 is 0 Å². The summed E-state index contributed by atoms with van der Waals surface area (Å²) in [5.74, 6) is 1.38. The van der Waals surface area contributed by atoms with Gasteiger partial charge in [0.2, 0.25) is 0 Å². The lowest BCUT2D eigenvalue weighted by molar-refractivity contribution is 0.552. The molecule has 0 saturated carbocycles. The van der Waals surface area contributed by atoms with Crippen molar-refractivity contribution in [2.24, 2.45) is 11.8 Å². The first-order chi connectivity index (χ1) is 9.60. The summed E-state index contributed by atoms with van der Waals surface area (Å²) in [6, 6.07) is 8.65. The Bertz CT molecular complexity index is 487. The number of hydrogen-bond donors (Lipinski definition) is 1. The maximum atomic E-state index is 9.39. The van der Waals surface area contributed by atoms with Gasteiger partial charge in [-0.3, -0.25) is 0 Å². The predicted molar refractivity (Wildman–Crippen MR) is 83.7 cm³/mol. The minimum Gasteiger partial charge on any atom is -0.370 e. The van der Waals surface area contributed by atoms with Crippen LogP contribution in [0.15, 0.2) is 18.2 Å². The summed E-state index contributed by atoms with van der Waals surface area (Å²) in [5.41, 5.74) is 3.10. The van der Waals surface area contributed by atoms with Gasteiger partial charge in [0.15, 0.2) is 0 Å². The molecule has 0 radical (unpaired) electrons. The maximum absolute atomic E-state index is 9.39. The van der Waals surface area contributed by atoms with Gasteiger partial charge in [-0.25, -0.2) is 0 Å². The Morgan fingerprint density at radius 2 is 2.25 bits per heavy atom. The zero-order chi connectivity index (χ0) is 14.5. The number of anilines is 1. The Balaban J connectivity index is 2.06. The first kappa shape index (κ1) is 14.9. The largest absolute Gasteiger partial charge is 0.370 e. The van der Waals surface area contributed by atoms with Crippen molar-refractivity contribution in [3.8, 4) is 6.07 Å². The smallest absolute Gasteiger partial charge is 0.101 e. The third-order valence-corrected chi connectivity index (χ3v) is 3.83. The van der Waals surface area contributed by atoms with E-state index in [9.17, 15) is 5.26 Å². The molecule has 1 saturated heterocycles. The summed E-state index contributed by atoms with van der Waals surface area (Å²) in [5, 5.41) is 12.8. The zero-order valence-corrected chi connectivity index (χ0v) is 12.8. The third-order valence-electron chi connectivity index (χ3n) is 3.83. The SMILES string of the molecule is CC(C)CNCc1ccc(N2CCC(C)C2)c(C#N)c1. The fourth-order valence-electron chi connectivity index (χ4n) is 2.72. The van der Waals surface area contributed by atoms with Crippen molar-refractivity contribution in [2.75, 3.05) is 24.5 Å². The molecule has 1 atom stereocenters. The molecular formula is C17H25N3. The van der Waals surface area contributed by atoms with Crippen molar-refractivity contribution in [1.82, 2.24) is 5.32 Å². The van der Waals surface area contributed by atoms with Crippen LogP contribution in [0.1, 0.15) is 38.3 Å². The average Bonchev–Trinajstić information content (AvgIpc) is 2.84. The van der Waals surface area contributed by atoms with Gasteiger partial charge in [0.25, 0.3) is 0 Å². The van der Waals surface area contributed by atoms with E-state index in [4.69, 9.17) is 0 Å². The van der Waals surface area contributed by atoms with E-state index >= 15 is 0 Å². The molecule has 0 aromatic heterocycles. The minimum atomic E-state index is 0.649. The molecule has 1 N–H and O–H groups in total. The second-order valence-corrected chi connectivity index (χ2v) is 6.33. The molecule has 3 heteroatoms. The van der Waals surface area contributed by atoms with Crippen LogP contribution in [-0.2, 0) is 6.54 Å². The normalized spacial score (nSPS) is 18.6. The molecule has 1 unspecified atom stereocenters. The van der Waals surface area contributed by atoms with Crippen LogP contribution in [0.5, 0.6) is 0 Å². The minimum absolute atomic E-state index is 0.649. The number of nitriles is 1. The lowest BCUT2D eigenvalue weighted by atomic mass is 10.1. The molecule has 1 aliphatic rings. The molecule has 3 nitrogen and oxygen atoms in total. The quantitative estimate of drug-likeness (QED) is 0.894. The zero-order valence-electron chi connectivity index (χ0n) is 12.8. The lowest BCUT2D eigenvalue weighted by Gasteiger charge is -2.20. The van der Waals surface area contributed by atoms with E-state index in [1.54, 1.807) is 0 Å². The number of rotatable bonds is 5. The van der Waals surface area contributed by atoms with Crippen LogP contribution in [0.2, 0.25) is 0 Å². The second-order valence-electron chi connectivity index (χ2n) is 6.33. The second kappa shape index (κ2) is 6.76. The van der Waals surface area contributed by atoms with Crippen molar-refractivity contribution < 1.29 is 0 Å². The molecule has 2 rings (SSSR count). The van der Waals surface area contributed by atoms with E-state index in [0.717, 1.165) is 43.3 Å². The van der Waals surface area contributed by atoms with Gasteiger partial charge in [-0.05, 0) is 42.5 Å². The van der Waals surface area contributed by atoms with E-state index < -0.39 is 0 Å². The van der Waals surface area contributed by atoms with Crippen LogP contribution in [0, 0.1) is 23.2 Å². The van der Waals surface area contributed by atoms with Crippen molar-refractivity contribution in [3.05, 3.63) is 29.3 Å². The molecule has 1 aromatic rings. The van der Waals surface area contributed by atoms with Crippen LogP contribution >= 0.6 is 0 Å². The third kappa shape index (κ3) is 3.74. The summed E-state index contributed by atoms with van der Waals surface area (Å²) in [6.45, 7) is 10.7. The van der Waals surface area contributed by atoms with Crippen LogP contribution in [0.4, 0.5) is 5.69 Å². The number of nitrogens with zero attached hydrogens (tertiary/aromatic N) is 2. The summed E-state index contributed by atoms with van der Waals surface area (Å²) < 4.78 is 0. The molecular weight excluding hydrogens is 246 g/mol. The monoisotopic (exact) mass is 271 g/mol. The van der Waals surface area contributed by atoms with Crippen molar-refractivity contribution >= 4 is 5.69 Å². The highest BCUT2D eigenvalue weighted by Crippen LogP contribution is 2.27. The maximum Gasteiger partial charge on any atom is 0.101 e. The van der Waals surface area contributed by atoms with E-state index in [0.29, 0.717) is 5.92 Å². The molecule has 0 aliphatic carbocycles. The van der Waals surface area contributed by atoms with Crippen LogP contribution in [0.25, 0.3) is 0 Å². The average molecular weight is 271 g/mol. The van der Waals surface area contributed by atoms with E-state index in [-0.39, 0.29) is 0 Å². The summed E-state index contributed by atoms with van der Waals surface area (Å²) in [7, 11) is 0. The van der Waals surface area contributed by atoms with Crippen molar-refractivity contribution in [1.29, 1.82) is 5.26 Å². The van der Waals surface area contributed by atoms with Gasteiger partial charge in [-0.2, -0.15) is 5.26 Å². The van der Waals surface area contributed by atoms with Gasteiger partial charge in [0, 0.05) is 19.6 Å². The van der Waals surface area contributed by atoms with Gasteiger partial charge in [0.05, 0.1) is 11.3 Å². The van der Waals surface area contributed by atoms with Crippen molar-refractivity contribution in [3.63, 3.8) is 0 Å². The standard InChI is InChI=1S/C17H25N3/c1-13(2)10-19-11-15-4-5-17(16(8-15)9-18)20-7-6-14(3)12-20/h4-5,8,13-14,19H,6-7,10-12H2,1-3H3. The molecule has 1 fully saturated rings. The Labute approximate surface area is 122 Å². The highest BCUT2D eigenvalue weighted by Gasteiger charge is 2.21. The number of hydrogen-bond acceptors (Lipinski definition) is 3. The molecule has 1 aromatic carbocycles. The predicted octanol–water partition coefficient (Wildman–Crippen LogP) is 3.15. The van der Waals surface area contributed by atoms with E-state index in [1.807, 2.05) is 6.07 Å². The van der Waals surface area contributed by atoms with Crippen molar-refractivity contribution in [2.45, 2.75) is 33.7 Å². The first-order valence-corrected chi connectivity index (χ1v) is 7.59. The van der Waals surface area contributed by atoms with Gasteiger partial charge in [-0.1, -0.05) is 26.8 Å². The van der Waals surface area contributed by atoms with Gasteiger partial charge in [0.1, 0.15) is 6.07 Å². The number of benzene rings is 1. The molecule has 108 valence electrons. The molecule has 20 heavy (non-hydrogen) atoms. The lowest BCUT2D eigenvalue weighted by Crippen LogP contribution is -2.21. The van der Waals surface area contributed by atoms with E-state index in [1.165, 1.54) is 12.0 Å². The summed E-state index contributed by atoms with van der Waals surface area (Å²) in [4.78, 5) is 2.34. The Hall–Kier alpha value is -1.53. The molecule has 0 amide bonds. The molecule has 0 bridgehead atoms. The fraction of sp³-hybridized carbons (Fsp3) is 0.588. The molecule has 0 spiro atoms. The highest BCUT2D eigenvalue weighted by atomic mass is 15.1. The highest BCUT2D eigenvalue weighted by molar-refractivity contribution is 5.61. The molecule has 1 aliphatic heterocycles. The van der Waals surface area contributed by atoms with Gasteiger partial charge in [-0.15, -0.1) is 0 Å². The topological polar surface area (TPSA) is 39.1 Å². The van der Waals surface area contributed by atoms with Gasteiger partial charge < -0.3 is 10.2 Å². The van der Waals surface area contributed by atoms with Crippen LogP contribution < -0.4 is 10.2 Å². The summed E-state index contributed by atoms with van der Waals surface area (Å²) >= 11 is 0. The summed E-state index contributed by atoms with van der Waals surface area (Å²) in [6.07, 6.45) is 1.22. The number of nitrogens with one attached hydrogen (secondary N) is 1. The Morgan fingerprint density at radius 3 is 2.85 bits per heavy atom. The fourth-order valence-corrected chi connectivity index (χ4v) is 2.72. The van der Waals surface area contributed by atoms with Crippen LogP contribution in [0.3, 0.4) is 0 Å². The van der Waals surface area contributed by atoms with E-state index in [2.05, 4.69) is 49.2 Å². The van der Waals surface area contributed by atoms with Crippen LogP contribution in [-0.4, -0.2) is 19.6 Å². The Morgan fingerprint density at radius 1 is 1.45 bits per heavy atom. The Kier molecular flexibility index (Phi) is 5.03.